The molecule has 2 atom stereocenters. The average Bonchev–Trinajstić information content (AvgIpc) is 3.62. The van der Waals surface area contributed by atoms with E-state index in [9.17, 15) is 39.4 Å². The number of fused-ring (bicyclic) bond motifs is 1. The van der Waals surface area contributed by atoms with E-state index in [2.05, 4.69) is 20.4 Å². The summed E-state index contributed by atoms with van der Waals surface area (Å²) in [5.41, 5.74) is 5.52. The number of aryl methyl sites for hydroxylation is 1. The number of hydrogen-bond acceptors (Lipinski definition) is 17. The summed E-state index contributed by atoms with van der Waals surface area (Å²) in [7, 11) is 0. The van der Waals surface area contributed by atoms with E-state index in [1.807, 2.05) is 0 Å². The molecule has 5 rings (SSSR count). The second-order valence-electron chi connectivity index (χ2n) is 10.0. The number of nitrogens with two attached hydrogens (primary N) is 1. The molecule has 0 unspecified atom stereocenters. The summed E-state index contributed by atoms with van der Waals surface area (Å²) in [4.78, 5) is 78.2. The summed E-state index contributed by atoms with van der Waals surface area (Å²) in [5, 5.41) is 36.6. The number of hydrogen-bond donors (Lipinski definition) is 5. The lowest BCUT2D eigenvalue weighted by Crippen LogP contribution is -2.71. The van der Waals surface area contributed by atoms with Gasteiger partial charge in [-0.1, -0.05) is 16.9 Å². The molecule has 0 aliphatic carbocycles. The number of rotatable bonds is 13. The molecule has 0 spiro atoms. The zero-order chi connectivity index (χ0) is 34.7. The second kappa shape index (κ2) is 14.7. The van der Waals surface area contributed by atoms with Gasteiger partial charge in [0.1, 0.15) is 28.5 Å². The van der Waals surface area contributed by atoms with Gasteiger partial charge in [-0.15, -0.1) is 34.4 Å². The molecule has 0 radical (unpaired) electrons. The highest BCUT2D eigenvalue weighted by Gasteiger charge is 2.54. The maximum absolute atomic E-state index is 13.4. The van der Waals surface area contributed by atoms with Crippen molar-refractivity contribution in [3.8, 4) is 5.75 Å². The maximum atomic E-state index is 13.4. The van der Waals surface area contributed by atoms with Crippen molar-refractivity contribution in [2.45, 2.75) is 42.6 Å². The molecule has 2 amide bonds. The lowest BCUT2D eigenvalue weighted by molar-refractivity contribution is -0.150. The number of nitrogen functional groups attached to an aromatic ring is 1. The molecule has 2 aliphatic heterocycles. The summed E-state index contributed by atoms with van der Waals surface area (Å²) in [6.45, 7) is 3.28. The maximum Gasteiger partial charge on any atom is 0.352 e. The normalized spacial score (nSPS) is 17.5. The minimum Gasteiger partial charge on any atom is -0.503 e. The van der Waals surface area contributed by atoms with Crippen molar-refractivity contribution in [1.82, 2.24) is 24.9 Å². The van der Waals surface area contributed by atoms with Crippen molar-refractivity contribution in [3.63, 3.8) is 0 Å². The number of carbonyl (C=O) groups excluding carboxylic acids is 3. The summed E-state index contributed by atoms with van der Waals surface area (Å²) in [6.07, 6.45) is 0.856. The van der Waals surface area contributed by atoms with Crippen molar-refractivity contribution >= 4 is 80.8 Å². The van der Waals surface area contributed by atoms with Crippen molar-refractivity contribution in [2.24, 2.45) is 5.16 Å². The van der Waals surface area contributed by atoms with Gasteiger partial charge in [0, 0.05) is 27.8 Å². The van der Waals surface area contributed by atoms with E-state index >= 15 is 0 Å². The number of aromatic nitrogens is 3. The SMILES string of the molecule is CCOC(=O)Cc1sc(SCC2=C(C(=O)O)N3C(=O)[C@@H](NC(=O)/C(=N\OCc4cc(=O)c(O)cn4O)c4csc(N)n4)[C@H]3SC2)nc1C. The molecule has 3 aromatic heterocycles. The summed E-state index contributed by atoms with van der Waals surface area (Å²) >= 11 is 4.91. The highest BCUT2D eigenvalue weighted by molar-refractivity contribution is 8.01. The molecule has 6 N–H and O–H groups in total. The van der Waals surface area contributed by atoms with Crippen molar-refractivity contribution in [1.29, 1.82) is 0 Å². The highest BCUT2D eigenvalue weighted by atomic mass is 32.2. The molecule has 21 heteroatoms. The number of thioether (sulfide) groups is 2. The zero-order valence-electron chi connectivity index (χ0n) is 25.1. The fraction of sp³-hybridized carbons (Fsp3) is 0.333. The van der Waals surface area contributed by atoms with E-state index in [1.54, 1.807) is 13.8 Å². The number of thiazole rings is 2. The smallest absolute Gasteiger partial charge is 0.352 e. The van der Waals surface area contributed by atoms with E-state index in [0.29, 0.717) is 20.3 Å². The predicted molar refractivity (Wildman–Crippen MR) is 175 cm³/mol. The fourth-order valence-electron chi connectivity index (χ4n) is 4.55. The van der Waals surface area contributed by atoms with Crippen LogP contribution in [0.2, 0.25) is 0 Å². The lowest BCUT2D eigenvalue weighted by atomic mass is 10.0. The van der Waals surface area contributed by atoms with Gasteiger partial charge in [-0.2, -0.15) is 4.73 Å². The molecular weight excluding hydrogens is 711 g/mol. The molecular formula is C27H27N7O10S4. The molecule has 0 bridgehead atoms. The van der Waals surface area contributed by atoms with Crippen LogP contribution in [-0.4, -0.2) is 94.0 Å². The third-order valence-electron chi connectivity index (χ3n) is 6.83. The Hall–Kier alpha value is -4.60. The third-order valence-corrected chi connectivity index (χ3v) is 11.2. The Balaban J connectivity index is 1.28. The van der Waals surface area contributed by atoms with Crippen LogP contribution in [0.4, 0.5) is 5.13 Å². The van der Waals surface area contributed by atoms with Gasteiger partial charge >= 0.3 is 11.9 Å². The Kier molecular flexibility index (Phi) is 10.6. The van der Waals surface area contributed by atoms with Crippen LogP contribution in [0.1, 0.15) is 28.9 Å². The average molecular weight is 738 g/mol. The topological polar surface area (TPSA) is 249 Å². The van der Waals surface area contributed by atoms with Crippen LogP contribution in [0.15, 0.2) is 43.2 Å². The molecule has 0 aromatic carbocycles. The highest BCUT2D eigenvalue weighted by Crippen LogP contribution is 2.42. The fourth-order valence-corrected chi connectivity index (χ4v) is 8.80. The summed E-state index contributed by atoms with van der Waals surface area (Å²) < 4.78 is 6.10. The number of anilines is 1. The number of pyridine rings is 1. The molecule has 48 heavy (non-hydrogen) atoms. The quantitative estimate of drug-likeness (QED) is 0.0412. The predicted octanol–water partition coefficient (Wildman–Crippen LogP) is 1.15. The van der Waals surface area contributed by atoms with Crippen LogP contribution >= 0.6 is 46.2 Å². The first-order valence-corrected chi connectivity index (χ1v) is 17.6. The number of amides is 2. The van der Waals surface area contributed by atoms with Gasteiger partial charge in [0.2, 0.25) is 5.43 Å². The second-order valence-corrected chi connectivity index (χ2v) is 14.3. The van der Waals surface area contributed by atoms with Gasteiger partial charge < -0.3 is 36.0 Å². The van der Waals surface area contributed by atoms with E-state index < -0.39 is 47.0 Å². The summed E-state index contributed by atoms with van der Waals surface area (Å²) in [5.74, 6) is -3.37. The van der Waals surface area contributed by atoms with E-state index in [-0.39, 0.29) is 58.4 Å². The minimum absolute atomic E-state index is 0.0234. The number of esters is 1. The van der Waals surface area contributed by atoms with Gasteiger partial charge in [0.15, 0.2) is 27.5 Å². The number of nitrogens with zero attached hydrogens (tertiary/aromatic N) is 5. The van der Waals surface area contributed by atoms with Gasteiger partial charge in [0.25, 0.3) is 11.8 Å². The van der Waals surface area contributed by atoms with Gasteiger partial charge in [-0.3, -0.25) is 24.1 Å². The standard InChI is InChI=1S/C27H27N7O10S4/c1-3-43-18(37)5-17-11(2)29-27(48-17)47-9-12-8-45-24-20(23(39)34(24)21(12)25(40)41)31-22(38)19(14-10-46-26(28)30-14)32-44-7-13-4-15(35)16(36)6-33(13)42/h4,6,10,20,24,36,42H,3,5,7-9H2,1-2H3,(H2,28,30)(H,31,38)(H,40,41)/b32-19-/t20-,24-/m1/s1. The van der Waals surface area contributed by atoms with Crippen LogP contribution in [0.25, 0.3) is 0 Å². The number of aliphatic carboxylic acids is 1. The lowest BCUT2D eigenvalue weighted by Gasteiger charge is -2.49. The molecule has 5 heterocycles. The van der Waals surface area contributed by atoms with Gasteiger partial charge in [-0.05, 0) is 19.4 Å². The first kappa shape index (κ1) is 34.7. The number of carboxylic acid groups (broad SMARTS) is 1. The number of carbonyl (C=O) groups is 4. The first-order valence-electron chi connectivity index (χ1n) is 13.9. The number of aromatic hydroxyl groups is 1. The molecule has 3 aromatic rings. The van der Waals surface area contributed by atoms with Gasteiger partial charge in [0.05, 0.1) is 24.9 Å². The number of ether oxygens (including phenoxy) is 1. The van der Waals surface area contributed by atoms with E-state index in [0.717, 1.165) is 33.4 Å². The number of nitrogens with one attached hydrogen (secondary N) is 1. The molecule has 17 nitrogen and oxygen atoms in total. The number of β-lactam (4-membered cyclic amide) rings is 1. The summed E-state index contributed by atoms with van der Waals surface area (Å²) in [6, 6.07) is -0.186. The Morgan fingerprint density at radius 3 is 2.73 bits per heavy atom. The van der Waals surface area contributed by atoms with Crippen LogP contribution in [0, 0.1) is 6.92 Å². The Morgan fingerprint density at radius 2 is 2.04 bits per heavy atom. The van der Waals surface area contributed by atoms with Crippen molar-refractivity contribution in [2.75, 3.05) is 23.8 Å². The van der Waals surface area contributed by atoms with Crippen molar-refractivity contribution < 1.29 is 44.2 Å². The van der Waals surface area contributed by atoms with E-state index in [4.69, 9.17) is 15.3 Å². The number of oxime groups is 1. The van der Waals surface area contributed by atoms with Crippen LogP contribution in [0.5, 0.6) is 5.75 Å². The minimum atomic E-state index is -1.29. The van der Waals surface area contributed by atoms with Gasteiger partial charge in [-0.25, -0.2) is 14.8 Å². The Morgan fingerprint density at radius 1 is 1.27 bits per heavy atom. The van der Waals surface area contributed by atoms with E-state index in [1.165, 1.54) is 40.2 Å². The first-order chi connectivity index (χ1) is 22.9. The molecule has 254 valence electrons. The zero-order valence-corrected chi connectivity index (χ0v) is 28.3. The Labute approximate surface area is 287 Å². The third kappa shape index (κ3) is 7.42. The largest absolute Gasteiger partial charge is 0.503 e. The monoisotopic (exact) mass is 737 g/mol. The molecule has 1 fully saturated rings. The van der Waals surface area contributed by atoms with Crippen LogP contribution in [0.3, 0.4) is 0 Å². The van der Waals surface area contributed by atoms with Crippen LogP contribution < -0.4 is 16.5 Å². The molecule has 1 saturated heterocycles. The van der Waals surface area contributed by atoms with Crippen LogP contribution in [-0.2, 0) is 41.8 Å². The number of carboxylic acids is 1. The Bertz CT molecular complexity index is 1900. The van der Waals surface area contributed by atoms with Crippen molar-refractivity contribution in [3.05, 3.63) is 61.1 Å². The molecule has 0 saturated carbocycles. The molecule has 2 aliphatic rings.